The lowest BCUT2D eigenvalue weighted by atomic mass is 10.1. The average Bonchev–Trinajstić information content (AvgIpc) is 3.09. The van der Waals surface area contributed by atoms with Gasteiger partial charge in [-0.3, -0.25) is 10.4 Å². The number of carbonyl (C=O) groups is 1. The molecule has 0 saturated carbocycles. The summed E-state index contributed by atoms with van der Waals surface area (Å²) in [6.07, 6.45) is 3.55. The maximum absolute atomic E-state index is 11.8. The van der Waals surface area contributed by atoms with E-state index >= 15 is 0 Å². The van der Waals surface area contributed by atoms with Crippen LogP contribution in [0.1, 0.15) is 32.0 Å². The molecule has 0 atom stereocenters. The highest BCUT2D eigenvalue weighted by Crippen LogP contribution is 2.21. The van der Waals surface area contributed by atoms with Crippen LogP contribution in [0.4, 0.5) is 10.5 Å². The second-order valence-electron chi connectivity index (χ2n) is 7.16. The Hall–Kier alpha value is -3.34. The Kier molecular flexibility index (Phi) is 5.41. The maximum Gasteiger partial charge on any atom is 0.412 e. The number of ether oxygens (including phenoxy) is 1. The molecule has 5 heteroatoms. The zero-order valence-electron chi connectivity index (χ0n) is 15.7. The van der Waals surface area contributed by atoms with E-state index in [2.05, 4.69) is 15.5 Å². The SMILES string of the molecule is CC(C)(C)OC(=O)Nc1ccc(-c2cc(C=Cc3ccccc3)[nH]n2)cc1. The van der Waals surface area contributed by atoms with Gasteiger partial charge in [-0.05, 0) is 50.6 Å². The van der Waals surface area contributed by atoms with Crippen molar-refractivity contribution in [1.82, 2.24) is 10.2 Å². The molecule has 0 aliphatic carbocycles. The van der Waals surface area contributed by atoms with Crippen molar-refractivity contribution in [2.24, 2.45) is 0 Å². The molecule has 3 rings (SSSR count). The summed E-state index contributed by atoms with van der Waals surface area (Å²) in [5.41, 5.74) is 4.00. The molecule has 2 N–H and O–H groups in total. The van der Waals surface area contributed by atoms with Crippen LogP contribution in [0.3, 0.4) is 0 Å². The minimum absolute atomic E-state index is 0.469. The van der Waals surface area contributed by atoms with Crippen LogP contribution in [0.25, 0.3) is 23.4 Å². The second-order valence-corrected chi connectivity index (χ2v) is 7.16. The topological polar surface area (TPSA) is 67.0 Å². The molecule has 0 saturated heterocycles. The lowest BCUT2D eigenvalue weighted by Crippen LogP contribution is -2.27. The van der Waals surface area contributed by atoms with E-state index in [0.717, 1.165) is 22.5 Å². The summed E-state index contributed by atoms with van der Waals surface area (Å²) >= 11 is 0. The van der Waals surface area contributed by atoms with Crippen molar-refractivity contribution >= 4 is 23.9 Å². The zero-order chi connectivity index (χ0) is 19.3. The molecule has 1 aromatic heterocycles. The predicted octanol–water partition coefficient (Wildman–Crippen LogP) is 5.59. The third-order valence-corrected chi connectivity index (χ3v) is 3.68. The van der Waals surface area contributed by atoms with Crippen molar-refractivity contribution in [3.63, 3.8) is 0 Å². The van der Waals surface area contributed by atoms with Gasteiger partial charge in [0.25, 0.3) is 0 Å². The van der Waals surface area contributed by atoms with Crippen LogP contribution in [-0.2, 0) is 4.74 Å². The normalized spacial score (nSPS) is 11.5. The number of amides is 1. The van der Waals surface area contributed by atoms with Crippen LogP contribution in [0, 0.1) is 0 Å². The first-order valence-electron chi connectivity index (χ1n) is 8.78. The molecule has 2 aromatic carbocycles. The van der Waals surface area contributed by atoms with E-state index in [-0.39, 0.29) is 0 Å². The minimum Gasteiger partial charge on any atom is -0.444 e. The number of benzene rings is 2. The quantitative estimate of drug-likeness (QED) is 0.636. The Morgan fingerprint density at radius 1 is 1.04 bits per heavy atom. The third kappa shape index (κ3) is 5.57. The average molecular weight is 361 g/mol. The van der Waals surface area contributed by atoms with E-state index < -0.39 is 11.7 Å². The van der Waals surface area contributed by atoms with Gasteiger partial charge in [0.1, 0.15) is 5.60 Å². The van der Waals surface area contributed by atoms with Gasteiger partial charge in [-0.25, -0.2) is 4.79 Å². The number of aromatic nitrogens is 2. The molecule has 0 unspecified atom stereocenters. The van der Waals surface area contributed by atoms with Gasteiger partial charge in [0, 0.05) is 11.3 Å². The molecule has 0 spiro atoms. The highest BCUT2D eigenvalue weighted by atomic mass is 16.6. The van der Waals surface area contributed by atoms with Crippen molar-refractivity contribution in [3.05, 3.63) is 71.9 Å². The summed E-state index contributed by atoms with van der Waals surface area (Å²) in [6, 6.07) is 19.6. The number of nitrogens with zero attached hydrogens (tertiary/aromatic N) is 1. The number of rotatable bonds is 4. The van der Waals surface area contributed by atoms with Gasteiger partial charge in [0.2, 0.25) is 0 Å². The zero-order valence-corrected chi connectivity index (χ0v) is 15.7. The first kappa shape index (κ1) is 18.5. The van der Waals surface area contributed by atoms with Crippen molar-refractivity contribution < 1.29 is 9.53 Å². The second kappa shape index (κ2) is 7.91. The Morgan fingerprint density at radius 2 is 1.74 bits per heavy atom. The monoisotopic (exact) mass is 361 g/mol. The summed E-state index contributed by atoms with van der Waals surface area (Å²) in [5, 5.41) is 10.1. The number of aromatic amines is 1. The van der Waals surface area contributed by atoms with Crippen LogP contribution < -0.4 is 5.32 Å². The third-order valence-electron chi connectivity index (χ3n) is 3.68. The van der Waals surface area contributed by atoms with Gasteiger partial charge in [0.15, 0.2) is 0 Å². The molecule has 1 amide bonds. The first-order valence-corrected chi connectivity index (χ1v) is 8.78. The van der Waals surface area contributed by atoms with E-state index in [4.69, 9.17) is 4.74 Å². The maximum atomic E-state index is 11.8. The Morgan fingerprint density at radius 3 is 2.41 bits per heavy atom. The van der Waals surface area contributed by atoms with Crippen LogP contribution in [-0.4, -0.2) is 21.9 Å². The molecule has 1 heterocycles. The van der Waals surface area contributed by atoms with Gasteiger partial charge in [-0.1, -0.05) is 48.5 Å². The van der Waals surface area contributed by atoms with Gasteiger partial charge in [0.05, 0.1) is 11.4 Å². The molecular formula is C22H23N3O2. The predicted molar refractivity (Wildman–Crippen MR) is 109 cm³/mol. The van der Waals surface area contributed by atoms with E-state index in [1.807, 2.05) is 93.6 Å². The summed E-state index contributed by atoms with van der Waals surface area (Å²) < 4.78 is 5.25. The molecule has 138 valence electrons. The minimum atomic E-state index is -0.525. The molecule has 0 aliphatic rings. The van der Waals surface area contributed by atoms with Crippen molar-refractivity contribution in [3.8, 4) is 11.3 Å². The molecular weight excluding hydrogens is 338 g/mol. The van der Waals surface area contributed by atoms with E-state index in [0.29, 0.717) is 5.69 Å². The van der Waals surface area contributed by atoms with Crippen LogP contribution in [0.5, 0.6) is 0 Å². The molecule has 3 aromatic rings. The fraction of sp³-hybridized carbons (Fsp3) is 0.182. The number of H-pyrrole nitrogens is 1. The molecule has 0 fully saturated rings. The first-order chi connectivity index (χ1) is 12.9. The highest BCUT2D eigenvalue weighted by Gasteiger charge is 2.16. The summed E-state index contributed by atoms with van der Waals surface area (Å²) in [7, 11) is 0. The number of nitrogens with one attached hydrogen (secondary N) is 2. The fourth-order valence-corrected chi connectivity index (χ4v) is 2.47. The van der Waals surface area contributed by atoms with Crippen LogP contribution in [0.2, 0.25) is 0 Å². The molecule has 27 heavy (non-hydrogen) atoms. The summed E-state index contributed by atoms with van der Waals surface area (Å²) in [4.78, 5) is 11.8. The van der Waals surface area contributed by atoms with Crippen LogP contribution in [0.15, 0.2) is 60.7 Å². The van der Waals surface area contributed by atoms with Gasteiger partial charge >= 0.3 is 6.09 Å². The molecule has 0 bridgehead atoms. The highest BCUT2D eigenvalue weighted by molar-refractivity contribution is 5.85. The summed E-state index contributed by atoms with van der Waals surface area (Å²) in [5.74, 6) is 0. The molecule has 0 aliphatic heterocycles. The smallest absolute Gasteiger partial charge is 0.412 e. The Balaban J connectivity index is 1.65. The molecule has 0 radical (unpaired) electrons. The fourth-order valence-electron chi connectivity index (χ4n) is 2.47. The lowest BCUT2D eigenvalue weighted by Gasteiger charge is -2.19. The van der Waals surface area contributed by atoms with Gasteiger partial charge in [-0.15, -0.1) is 0 Å². The van der Waals surface area contributed by atoms with Crippen molar-refractivity contribution in [2.75, 3.05) is 5.32 Å². The van der Waals surface area contributed by atoms with E-state index in [1.165, 1.54) is 0 Å². The van der Waals surface area contributed by atoms with Gasteiger partial charge < -0.3 is 4.74 Å². The standard InChI is InChI=1S/C22H23N3O2/c1-22(2,3)27-21(26)23-18-13-10-17(11-14-18)20-15-19(24-25-20)12-9-16-7-5-4-6-8-16/h4-15H,1-3H3,(H,23,26)(H,24,25). The number of carbonyl (C=O) groups excluding carboxylic acids is 1. The van der Waals surface area contributed by atoms with E-state index in [1.54, 1.807) is 0 Å². The number of anilines is 1. The van der Waals surface area contributed by atoms with E-state index in [9.17, 15) is 4.79 Å². The van der Waals surface area contributed by atoms with Gasteiger partial charge in [-0.2, -0.15) is 5.10 Å². The Labute approximate surface area is 159 Å². The van der Waals surface area contributed by atoms with Crippen LogP contribution >= 0.6 is 0 Å². The Bertz CT molecular complexity index is 920. The number of hydrogen-bond acceptors (Lipinski definition) is 3. The lowest BCUT2D eigenvalue weighted by molar-refractivity contribution is 0.0636. The van der Waals surface area contributed by atoms with Crippen molar-refractivity contribution in [1.29, 1.82) is 0 Å². The molecule has 5 nitrogen and oxygen atoms in total. The number of hydrogen-bond donors (Lipinski definition) is 2. The largest absolute Gasteiger partial charge is 0.444 e. The van der Waals surface area contributed by atoms with Crippen molar-refractivity contribution in [2.45, 2.75) is 26.4 Å². The summed E-state index contributed by atoms with van der Waals surface area (Å²) in [6.45, 7) is 5.49.